The average Bonchev–Trinajstić information content (AvgIpc) is 2.44. The Morgan fingerprint density at radius 3 is 2.41 bits per heavy atom. The molecule has 0 aliphatic heterocycles. The van der Waals surface area contributed by atoms with Gasteiger partial charge in [-0.2, -0.15) is 4.40 Å². The minimum atomic E-state index is -3.97. The molecule has 1 atom stereocenters. The first-order valence-corrected chi connectivity index (χ1v) is 8.63. The van der Waals surface area contributed by atoms with Crippen molar-refractivity contribution in [2.24, 2.45) is 4.40 Å². The van der Waals surface area contributed by atoms with Gasteiger partial charge >= 0.3 is 0 Å². The number of rotatable bonds is 4. The molecule has 1 aromatic carbocycles. The van der Waals surface area contributed by atoms with E-state index in [0.29, 0.717) is 0 Å². The standard InChI is InChI=1S/C12H9ClN2O5S2/c13-9-6-10(14-21(17)18)11(7-12(9)16)15-22(19,20)8-4-2-1-3-5-8/h1-7,15H,(H,17,18)/b14-10-. The highest BCUT2D eigenvalue weighted by Gasteiger charge is 2.23. The SMILES string of the molecule is O=C1C=C(NS(=O)(=O)c2ccccc2)/C(=N\S(=O)O)C=C1Cl. The van der Waals surface area contributed by atoms with Gasteiger partial charge < -0.3 is 0 Å². The first-order chi connectivity index (χ1) is 10.3. The Morgan fingerprint density at radius 2 is 1.82 bits per heavy atom. The van der Waals surface area contributed by atoms with Gasteiger partial charge in [-0.1, -0.05) is 29.8 Å². The van der Waals surface area contributed by atoms with E-state index in [1.165, 1.54) is 24.3 Å². The van der Waals surface area contributed by atoms with Crippen molar-refractivity contribution in [1.29, 1.82) is 0 Å². The zero-order valence-corrected chi connectivity index (χ0v) is 13.2. The summed E-state index contributed by atoms with van der Waals surface area (Å²) >= 11 is 3.04. The molecule has 2 N–H and O–H groups in total. The zero-order valence-electron chi connectivity index (χ0n) is 10.8. The molecule has 0 spiro atoms. The first kappa shape index (κ1) is 16.6. The van der Waals surface area contributed by atoms with Gasteiger partial charge in [-0.3, -0.25) is 14.1 Å². The number of hydrogen-bond acceptors (Lipinski definition) is 4. The molecule has 0 heterocycles. The van der Waals surface area contributed by atoms with Crippen LogP contribution in [0, 0.1) is 0 Å². The minimum absolute atomic E-state index is 0.0338. The second-order valence-electron chi connectivity index (χ2n) is 4.04. The number of sulfonamides is 1. The molecule has 0 fully saturated rings. The average molecular weight is 361 g/mol. The van der Waals surface area contributed by atoms with E-state index >= 15 is 0 Å². The van der Waals surface area contributed by atoms with Gasteiger partial charge in [0.05, 0.1) is 15.6 Å². The van der Waals surface area contributed by atoms with Crippen molar-refractivity contribution in [3.05, 3.63) is 53.2 Å². The van der Waals surface area contributed by atoms with Crippen molar-refractivity contribution < 1.29 is 22.0 Å². The van der Waals surface area contributed by atoms with Crippen molar-refractivity contribution >= 4 is 44.4 Å². The van der Waals surface area contributed by atoms with Crippen LogP contribution in [-0.2, 0) is 26.1 Å². The van der Waals surface area contributed by atoms with Crippen LogP contribution in [0.3, 0.4) is 0 Å². The van der Waals surface area contributed by atoms with Crippen molar-refractivity contribution in [2.75, 3.05) is 0 Å². The van der Waals surface area contributed by atoms with Gasteiger partial charge in [0, 0.05) is 6.08 Å². The monoisotopic (exact) mass is 360 g/mol. The lowest BCUT2D eigenvalue weighted by atomic mass is 10.1. The van der Waals surface area contributed by atoms with Crippen LogP contribution in [0.1, 0.15) is 0 Å². The maximum Gasteiger partial charge on any atom is 0.282 e. The third-order valence-electron chi connectivity index (χ3n) is 2.52. The number of carbonyl (C=O) groups is 1. The molecule has 116 valence electrons. The Morgan fingerprint density at radius 1 is 1.18 bits per heavy atom. The molecule has 1 aromatic rings. The van der Waals surface area contributed by atoms with Crippen molar-refractivity contribution in [3.63, 3.8) is 0 Å². The van der Waals surface area contributed by atoms with E-state index < -0.39 is 27.1 Å². The Hall–Kier alpha value is -1.81. The fourth-order valence-electron chi connectivity index (χ4n) is 1.59. The second kappa shape index (κ2) is 6.53. The lowest BCUT2D eigenvalue weighted by Crippen LogP contribution is -2.29. The minimum Gasteiger partial charge on any atom is -0.288 e. The molecule has 2 rings (SSSR count). The molecule has 0 bridgehead atoms. The molecule has 0 saturated carbocycles. The highest BCUT2D eigenvalue weighted by atomic mass is 35.5. The number of ketones is 1. The molecular weight excluding hydrogens is 352 g/mol. The summed E-state index contributed by atoms with van der Waals surface area (Å²) in [5.74, 6) is -0.643. The largest absolute Gasteiger partial charge is 0.288 e. The Kier molecular flexibility index (Phi) is 4.91. The zero-order chi connectivity index (χ0) is 16.3. The van der Waals surface area contributed by atoms with E-state index in [1.54, 1.807) is 6.07 Å². The van der Waals surface area contributed by atoms with Gasteiger partial charge in [0.15, 0.2) is 5.78 Å². The summed E-state index contributed by atoms with van der Waals surface area (Å²) in [6.45, 7) is 0. The highest BCUT2D eigenvalue weighted by Crippen LogP contribution is 2.17. The number of carbonyl (C=O) groups excluding carboxylic acids is 1. The lowest BCUT2D eigenvalue weighted by molar-refractivity contribution is -0.110. The highest BCUT2D eigenvalue weighted by molar-refractivity contribution is 7.89. The Bertz CT molecular complexity index is 828. The smallest absolute Gasteiger partial charge is 0.282 e. The summed E-state index contributed by atoms with van der Waals surface area (Å²) in [5, 5.41) is -0.244. The van der Waals surface area contributed by atoms with Crippen LogP contribution in [0.2, 0.25) is 0 Å². The molecule has 1 aliphatic rings. The van der Waals surface area contributed by atoms with Gasteiger partial charge in [0.25, 0.3) is 21.3 Å². The maximum atomic E-state index is 12.2. The van der Waals surface area contributed by atoms with E-state index in [-0.39, 0.29) is 21.3 Å². The van der Waals surface area contributed by atoms with Crippen LogP contribution < -0.4 is 4.72 Å². The summed E-state index contributed by atoms with van der Waals surface area (Å²) in [6.07, 6.45) is 1.91. The molecule has 0 aromatic heterocycles. The molecule has 7 nitrogen and oxygen atoms in total. The van der Waals surface area contributed by atoms with Gasteiger partial charge in [-0.25, -0.2) is 12.6 Å². The third kappa shape index (κ3) is 3.89. The van der Waals surface area contributed by atoms with Gasteiger partial charge in [-0.05, 0) is 18.2 Å². The van der Waals surface area contributed by atoms with Crippen LogP contribution in [-0.4, -0.2) is 28.7 Å². The molecule has 1 unspecified atom stereocenters. The summed E-state index contributed by atoms with van der Waals surface area (Å²) in [7, 11) is -3.97. The molecule has 0 amide bonds. The summed E-state index contributed by atoms with van der Waals surface area (Å²) in [4.78, 5) is 11.5. The van der Waals surface area contributed by atoms with Crippen LogP contribution in [0.25, 0.3) is 0 Å². The Labute approximate surface area is 133 Å². The number of nitrogens with one attached hydrogen (secondary N) is 1. The van der Waals surface area contributed by atoms with E-state index in [9.17, 15) is 17.4 Å². The predicted molar refractivity (Wildman–Crippen MR) is 82.0 cm³/mol. The molecular formula is C12H9ClN2O5S2. The summed E-state index contributed by atoms with van der Waals surface area (Å²) < 4.78 is 49.5. The number of allylic oxidation sites excluding steroid dienone is 3. The van der Waals surface area contributed by atoms with Gasteiger partial charge in [0.2, 0.25) is 0 Å². The normalized spacial score (nSPS) is 18.6. The van der Waals surface area contributed by atoms with Crippen LogP contribution in [0.5, 0.6) is 0 Å². The van der Waals surface area contributed by atoms with E-state index in [2.05, 4.69) is 9.12 Å². The van der Waals surface area contributed by atoms with Crippen LogP contribution in [0.15, 0.2) is 62.5 Å². The molecule has 0 saturated heterocycles. The number of hydrogen-bond donors (Lipinski definition) is 2. The quantitative estimate of drug-likeness (QED) is 0.617. The third-order valence-corrected chi connectivity index (χ3v) is 4.55. The summed E-state index contributed by atoms with van der Waals surface area (Å²) in [6, 6.07) is 7.43. The predicted octanol–water partition coefficient (Wildman–Crippen LogP) is 1.13. The number of nitrogens with zero attached hydrogens (tertiary/aromatic N) is 1. The van der Waals surface area contributed by atoms with Crippen molar-refractivity contribution in [3.8, 4) is 0 Å². The topological polar surface area (TPSA) is 113 Å². The fraction of sp³-hybridized carbons (Fsp3) is 0. The lowest BCUT2D eigenvalue weighted by Gasteiger charge is -2.14. The van der Waals surface area contributed by atoms with Crippen LogP contribution in [0.4, 0.5) is 0 Å². The molecule has 10 heteroatoms. The number of halogens is 1. The fourth-order valence-corrected chi connectivity index (χ4v) is 3.15. The Balaban J connectivity index is 2.40. The maximum absolute atomic E-state index is 12.2. The number of benzene rings is 1. The van der Waals surface area contributed by atoms with E-state index in [0.717, 1.165) is 12.2 Å². The van der Waals surface area contributed by atoms with Gasteiger partial charge in [0.1, 0.15) is 5.71 Å². The van der Waals surface area contributed by atoms with E-state index in [4.69, 9.17) is 16.2 Å². The summed E-state index contributed by atoms with van der Waals surface area (Å²) in [5.41, 5.74) is -0.453. The molecule has 22 heavy (non-hydrogen) atoms. The first-order valence-electron chi connectivity index (χ1n) is 5.71. The van der Waals surface area contributed by atoms with Crippen LogP contribution >= 0.6 is 11.6 Å². The van der Waals surface area contributed by atoms with Crippen molar-refractivity contribution in [1.82, 2.24) is 4.72 Å². The van der Waals surface area contributed by atoms with E-state index in [1.807, 2.05) is 0 Å². The molecule has 0 radical (unpaired) electrons. The second-order valence-corrected chi connectivity index (χ2v) is 6.77. The van der Waals surface area contributed by atoms with Gasteiger partial charge in [-0.15, -0.1) is 0 Å². The van der Waals surface area contributed by atoms with Crippen molar-refractivity contribution in [2.45, 2.75) is 4.90 Å². The molecule has 1 aliphatic carbocycles.